The third-order valence-electron chi connectivity index (χ3n) is 2.70. The fourth-order valence-corrected chi connectivity index (χ4v) is 1.72. The van der Waals surface area contributed by atoms with Crippen LogP contribution in [0.2, 0.25) is 0 Å². The molecule has 0 atom stereocenters. The summed E-state index contributed by atoms with van der Waals surface area (Å²) in [5.74, 6) is -1.50. The van der Waals surface area contributed by atoms with E-state index in [1.165, 1.54) is 6.07 Å². The molecule has 0 bridgehead atoms. The van der Waals surface area contributed by atoms with Crippen LogP contribution in [-0.4, -0.2) is 16.7 Å². The molecule has 1 heterocycles. The number of alkyl halides is 3. The number of aromatic nitrogens is 2. The third-order valence-corrected chi connectivity index (χ3v) is 2.70. The predicted molar refractivity (Wildman–Crippen MR) is 66.7 cm³/mol. The van der Waals surface area contributed by atoms with E-state index in [-0.39, 0.29) is 23.9 Å². The number of benzene rings is 1. The predicted octanol–water partition coefficient (Wildman–Crippen LogP) is 3.39. The zero-order valence-electron chi connectivity index (χ0n) is 11.2. The van der Waals surface area contributed by atoms with E-state index >= 15 is 0 Å². The first-order valence-corrected chi connectivity index (χ1v) is 6.32. The molecule has 0 saturated heterocycles. The number of hydrogen-bond donors (Lipinski definition) is 1. The molecule has 0 unspecified atom stereocenters. The highest BCUT2D eigenvalue weighted by atomic mass is 19.4. The van der Waals surface area contributed by atoms with Crippen LogP contribution in [0.15, 0.2) is 22.6 Å². The Kier molecular flexibility index (Phi) is 4.56. The van der Waals surface area contributed by atoms with Crippen LogP contribution in [0.5, 0.6) is 0 Å². The summed E-state index contributed by atoms with van der Waals surface area (Å²) in [6.45, 7) is 2.99. The summed E-state index contributed by atoms with van der Waals surface area (Å²) in [5, 5.41) is 10.3. The minimum atomic E-state index is -4.77. The Hall–Kier alpha value is -1.96. The van der Waals surface area contributed by atoms with Crippen molar-refractivity contribution in [2.24, 2.45) is 0 Å². The summed E-state index contributed by atoms with van der Waals surface area (Å²) in [4.78, 5) is 0. The van der Waals surface area contributed by atoms with E-state index in [1.54, 1.807) is 0 Å². The topological polar surface area (TPSA) is 51.0 Å². The SMILES string of the molecule is CCCNCc1nnc(-c2cccc(C(F)(F)F)c2F)o1. The van der Waals surface area contributed by atoms with Crippen LogP contribution in [0.3, 0.4) is 0 Å². The van der Waals surface area contributed by atoms with Crippen molar-refractivity contribution in [1.29, 1.82) is 0 Å². The fraction of sp³-hybridized carbons (Fsp3) is 0.385. The van der Waals surface area contributed by atoms with Crippen LogP contribution in [0.4, 0.5) is 17.6 Å². The van der Waals surface area contributed by atoms with Gasteiger partial charge in [-0.2, -0.15) is 13.2 Å². The molecular weight excluding hydrogens is 290 g/mol. The summed E-state index contributed by atoms with van der Waals surface area (Å²) in [6.07, 6.45) is -3.87. The van der Waals surface area contributed by atoms with Gasteiger partial charge < -0.3 is 9.73 Å². The Morgan fingerprint density at radius 1 is 1.24 bits per heavy atom. The Labute approximate surface area is 118 Å². The maximum atomic E-state index is 13.9. The first-order valence-electron chi connectivity index (χ1n) is 6.32. The van der Waals surface area contributed by atoms with E-state index in [1.807, 2.05) is 6.92 Å². The smallest absolute Gasteiger partial charge is 0.419 e. The molecule has 2 rings (SSSR count). The van der Waals surface area contributed by atoms with E-state index in [0.717, 1.165) is 19.0 Å². The number of halogens is 4. The third kappa shape index (κ3) is 3.57. The lowest BCUT2D eigenvalue weighted by Crippen LogP contribution is -2.13. The molecule has 2 aromatic rings. The van der Waals surface area contributed by atoms with Gasteiger partial charge in [-0.1, -0.05) is 13.0 Å². The largest absolute Gasteiger partial charge is 0.419 e. The molecule has 0 aliphatic rings. The highest BCUT2D eigenvalue weighted by Gasteiger charge is 2.35. The highest BCUT2D eigenvalue weighted by Crippen LogP contribution is 2.35. The Bertz CT molecular complexity index is 610. The molecule has 0 spiro atoms. The lowest BCUT2D eigenvalue weighted by atomic mass is 10.1. The Morgan fingerprint density at radius 3 is 2.67 bits per heavy atom. The Balaban J connectivity index is 2.26. The summed E-state index contributed by atoms with van der Waals surface area (Å²) in [5.41, 5.74) is -1.72. The lowest BCUT2D eigenvalue weighted by Gasteiger charge is -2.09. The maximum Gasteiger partial charge on any atom is 0.419 e. The van der Waals surface area contributed by atoms with Gasteiger partial charge in [-0.25, -0.2) is 4.39 Å². The normalized spacial score (nSPS) is 11.9. The molecule has 1 N–H and O–H groups in total. The van der Waals surface area contributed by atoms with Gasteiger partial charge in [0.05, 0.1) is 17.7 Å². The Morgan fingerprint density at radius 2 is 2.00 bits per heavy atom. The molecule has 0 aliphatic carbocycles. The van der Waals surface area contributed by atoms with Crippen molar-refractivity contribution < 1.29 is 22.0 Å². The summed E-state index contributed by atoms with van der Waals surface area (Å²) < 4.78 is 57.0. The molecule has 1 aromatic carbocycles. The first kappa shape index (κ1) is 15.4. The molecule has 21 heavy (non-hydrogen) atoms. The van der Waals surface area contributed by atoms with Crippen LogP contribution >= 0.6 is 0 Å². The molecule has 4 nitrogen and oxygen atoms in total. The van der Waals surface area contributed by atoms with Crippen molar-refractivity contribution in [2.75, 3.05) is 6.54 Å². The average Bonchev–Trinajstić information content (AvgIpc) is 2.86. The zero-order chi connectivity index (χ0) is 15.5. The van der Waals surface area contributed by atoms with E-state index in [9.17, 15) is 17.6 Å². The molecular formula is C13H13F4N3O. The molecule has 0 fully saturated rings. The second-order valence-electron chi connectivity index (χ2n) is 4.34. The molecule has 8 heteroatoms. The minimum Gasteiger partial charge on any atom is -0.419 e. The lowest BCUT2D eigenvalue weighted by molar-refractivity contribution is -0.139. The van der Waals surface area contributed by atoms with E-state index in [4.69, 9.17) is 4.42 Å². The van der Waals surface area contributed by atoms with Crippen LogP contribution < -0.4 is 5.32 Å². The standard InChI is InChI=1S/C13H13F4N3O/c1-2-6-18-7-10-19-20-12(21-10)8-4-3-5-9(11(8)14)13(15,16)17/h3-5,18H,2,6-7H2,1H3. The molecule has 0 amide bonds. The van der Waals surface area contributed by atoms with E-state index < -0.39 is 17.6 Å². The van der Waals surface area contributed by atoms with Crippen LogP contribution in [0.25, 0.3) is 11.5 Å². The van der Waals surface area contributed by atoms with Crippen molar-refractivity contribution in [2.45, 2.75) is 26.1 Å². The monoisotopic (exact) mass is 303 g/mol. The number of nitrogens with one attached hydrogen (secondary N) is 1. The fourth-order valence-electron chi connectivity index (χ4n) is 1.72. The van der Waals surface area contributed by atoms with Gasteiger partial charge in [-0.05, 0) is 25.1 Å². The number of nitrogens with zero attached hydrogens (tertiary/aromatic N) is 2. The minimum absolute atomic E-state index is 0.190. The van der Waals surface area contributed by atoms with Crippen molar-refractivity contribution in [3.8, 4) is 11.5 Å². The average molecular weight is 303 g/mol. The summed E-state index contributed by atoms with van der Waals surface area (Å²) in [7, 11) is 0. The maximum absolute atomic E-state index is 13.9. The highest BCUT2D eigenvalue weighted by molar-refractivity contribution is 5.55. The molecule has 0 radical (unpaired) electrons. The molecule has 114 valence electrons. The summed E-state index contributed by atoms with van der Waals surface area (Å²) in [6, 6.07) is 2.93. The second kappa shape index (κ2) is 6.21. The second-order valence-corrected chi connectivity index (χ2v) is 4.34. The number of hydrogen-bond acceptors (Lipinski definition) is 4. The van der Waals surface area contributed by atoms with Gasteiger partial charge in [-0.3, -0.25) is 0 Å². The molecule has 0 aliphatic heterocycles. The van der Waals surface area contributed by atoms with Gasteiger partial charge in [0.15, 0.2) is 0 Å². The van der Waals surface area contributed by atoms with Gasteiger partial charge in [0.25, 0.3) is 5.89 Å². The quantitative estimate of drug-likeness (QED) is 0.679. The van der Waals surface area contributed by atoms with Crippen LogP contribution in [0.1, 0.15) is 24.8 Å². The van der Waals surface area contributed by atoms with Crippen LogP contribution in [0, 0.1) is 5.82 Å². The van der Waals surface area contributed by atoms with E-state index in [0.29, 0.717) is 6.07 Å². The van der Waals surface area contributed by atoms with Crippen molar-refractivity contribution in [3.05, 3.63) is 35.5 Å². The van der Waals surface area contributed by atoms with Crippen molar-refractivity contribution in [1.82, 2.24) is 15.5 Å². The van der Waals surface area contributed by atoms with Crippen molar-refractivity contribution >= 4 is 0 Å². The van der Waals surface area contributed by atoms with Gasteiger partial charge in [0.1, 0.15) is 5.82 Å². The summed E-state index contributed by atoms with van der Waals surface area (Å²) >= 11 is 0. The van der Waals surface area contributed by atoms with E-state index in [2.05, 4.69) is 15.5 Å². The number of rotatable bonds is 5. The van der Waals surface area contributed by atoms with Gasteiger partial charge in [-0.15, -0.1) is 10.2 Å². The van der Waals surface area contributed by atoms with Crippen LogP contribution in [-0.2, 0) is 12.7 Å². The van der Waals surface area contributed by atoms with Crippen molar-refractivity contribution in [3.63, 3.8) is 0 Å². The molecule has 0 saturated carbocycles. The molecule has 1 aromatic heterocycles. The van der Waals surface area contributed by atoms with Gasteiger partial charge in [0.2, 0.25) is 5.89 Å². The van der Waals surface area contributed by atoms with Gasteiger partial charge >= 0.3 is 6.18 Å². The first-order chi connectivity index (χ1) is 9.93. The zero-order valence-corrected chi connectivity index (χ0v) is 11.2. The van der Waals surface area contributed by atoms with Gasteiger partial charge in [0, 0.05) is 0 Å².